The summed E-state index contributed by atoms with van der Waals surface area (Å²) >= 11 is 6.38. The highest BCUT2D eigenvalue weighted by molar-refractivity contribution is 6.38. The number of benzene rings is 1. The number of methoxy groups -OCH3 is 1. The smallest absolute Gasteiger partial charge is 0.222 e. The Morgan fingerprint density at radius 1 is 1.26 bits per heavy atom. The first-order chi connectivity index (χ1) is 9.19. The summed E-state index contributed by atoms with van der Waals surface area (Å²) in [5.41, 5.74) is 7.62. The molecule has 0 saturated heterocycles. The second-order valence-corrected chi connectivity index (χ2v) is 4.34. The zero-order valence-electron chi connectivity index (χ0n) is 10.1. The van der Waals surface area contributed by atoms with Gasteiger partial charge in [-0.15, -0.1) is 0 Å². The van der Waals surface area contributed by atoms with E-state index >= 15 is 0 Å². The molecule has 5 nitrogen and oxygen atoms in total. The van der Waals surface area contributed by atoms with Gasteiger partial charge >= 0.3 is 0 Å². The Balaban J connectivity index is 2.21. The fourth-order valence-electron chi connectivity index (χ4n) is 1.88. The van der Waals surface area contributed by atoms with Crippen LogP contribution in [0, 0.1) is 0 Å². The summed E-state index contributed by atoms with van der Waals surface area (Å²) in [7, 11) is 1.57. The van der Waals surface area contributed by atoms with Crippen LogP contribution in [0.3, 0.4) is 0 Å². The van der Waals surface area contributed by atoms with Crippen LogP contribution in [0.5, 0.6) is 5.88 Å². The van der Waals surface area contributed by atoms with Crippen LogP contribution < -0.4 is 10.5 Å². The summed E-state index contributed by atoms with van der Waals surface area (Å²) in [5, 5.41) is 5.24. The van der Waals surface area contributed by atoms with E-state index in [0.717, 1.165) is 16.5 Å². The van der Waals surface area contributed by atoms with Crippen molar-refractivity contribution in [3.8, 4) is 17.1 Å². The van der Waals surface area contributed by atoms with Gasteiger partial charge in [0.1, 0.15) is 5.69 Å². The number of nitrogen functional groups attached to an aromatic ring is 1. The zero-order chi connectivity index (χ0) is 13.4. The zero-order valence-corrected chi connectivity index (χ0v) is 10.8. The van der Waals surface area contributed by atoms with Crippen molar-refractivity contribution in [1.82, 2.24) is 10.1 Å². The molecule has 0 amide bonds. The average molecular weight is 276 g/mol. The van der Waals surface area contributed by atoms with Crippen molar-refractivity contribution >= 4 is 28.4 Å². The standard InChI is InChI=1S/C13H10ClN3O2/c1-18-12-5-3-7-9(16-12)4-2-8(13(7)14)10-6-11(15)19-17-10/h2-6H,15H2,1H3. The van der Waals surface area contributed by atoms with Crippen LogP contribution in [0.4, 0.5) is 5.88 Å². The number of halogens is 1. The Morgan fingerprint density at radius 2 is 2.11 bits per heavy atom. The molecule has 0 atom stereocenters. The van der Waals surface area contributed by atoms with E-state index in [1.54, 1.807) is 19.2 Å². The lowest BCUT2D eigenvalue weighted by Gasteiger charge is -2.06. The molecule has 3 rings (SSSR count). The molecule has 19 heavy (non-hydrogen) atoms. The summed E-state index contributed by atoms with van der Waals surface area (Å²) in [6.07, 6.45) is 0. The third kappa shape index (κ3) is 1.98. The van der Waals surface area contributed by atoms with Gasteiger partial charge in [0.2, 0.25) is 11.8 Å². The van der Waals surface area contributed by atoms with Crippen LogP contribution in [-0.4, -0.2) is 17.3 Å². The van der Waals surface area contributed by atoms with E-state index in [9.17, 15) is 0 Å². The number of nitrogens with two attached hydrogens (primary N) is 1. The van der Waals surface area contributed by atoms with Gasteiger partial charge in [-0.2, -0.15) is 0 Å². The molecule has 0 aliphatic rings. The number of hydrogen-bond donors (Lipinski definition) is 1. The van der Waals surface area contributed by atoms with Gasteiger partial charge in [-0.25, -0.2) is 4.98 Å². The number of anilines is 1. The van der Waals surface area contributed by atoms with E-state index in [1.807, 2.05) is 18.2 Å². The average Bonchev–Trinajstić information content (AvgIpc) is 2.85. The lowest BCUT2D eigenvalue weighted by atomic mass is 10.1. The topological polar surface area (TPSA) is 74.2 Å². The lowest BCUT2D eigenvalue weighted by molar-refractivity contribution is 0.399. The van der Waals surface area contributed by atoms with Gasteiger partial charge in [0.25, 0.3) is 0 Å². The molecular formula is C13H10ClN3O2. The van der Waals surface area contributed by atoms with Crippen molar-refractivity contribution < 1.29 is 9.26 Å². The molecule has 2 N–H and O–H groups in total. The number of fused-ring (bicyclic) bond motifs is 1. The molecule has 3 aromatic rings. The molecule has 96 valence electrons. The van der Waals surface area contributed by atoms with E-state index in [2.05, 4.69) is 10.1 Å². The minimum atomic E-state index is 0.249. The summed E-state index contributed by atoms with van der Waals surface area (Å²) < 4.78 is 9.94. The molecule has 2 heterocycles. The molecule has 0 fully saturated rings. The lowest BCUT2D eigenvalue weighted by Crippen LogP contribution is -1.89. The molecule has 0 saturated carbocycles. The van der Waals surface area contributed by atoms with Crippen LogP contribution in [0.2, 0.25) is 5.02 Å². The molecule has 0 aliphatic carbocycles. The van der Waals surface area contributed by atoms with Crippen LogP contribution in [0.1, 0.15) is 0 Å². The van der Waals surface area contributed by atoms with E-state index in [0.29, 0.717) is 16.6 Å². The summed E-state index contributed by atoms with van der Waals surface area (Å²) in [4.78, 5) is 4.32. The highest BCUT2D eigenvalue weighted by Crippen LogP contribution is 2.34. The second kappa shape index (κ2) is 4.44. The van der Waals surface area contributed by atoms with Crippen LogP contribution in [0.25, 0.3) is 22.2 Å². The Morgan fingerprint density at radius 3 is 2.79 bits per heavy atom. The first kappa shape index (κ1) is 11.8. The van der Waals surface area contributed by atoms with Crippen molar-refractivity contribution in [3.63, 3.8) is 0 Å². The minimum absolute atomic E-state index is 0.249. The highest BCUT2D eigenvalue weighted by atomic mass is 35.5. The molecular weight excluding hydrogens is 266 g/mol. The van der Waals surface area contributed by atoms with Crippen LogP contribution in [0.15, 0.2) is 34.9 Å². The van der Waals surface area contributed by atoms with E-state index in [-0.39, 0.29) is 5.88 Å². The van der Waals surface area contributed by atoms with Gasteiger partial charge in [0.15, 0.2) is 0 Å². The monoisotopic (exact) mass is 275 g/mol. The molecule has 6 heteroatoms. The number of rotatable bonds is 2. The molecule has 0 bridgehead atoms. The third-order valence-corrected chi connectivity index (χ3v) is 3.20. The first-order valence-corrected chi connectivity index (χ1v) is 5.92. The van der Waals surface area contributed by atoms with Crippen molar-refractivity contribution in [2.24, 2.45) is 0 Å². The highest BCUT2D eigenvalue weighted by Gasteiger charge is 2.12. The Kier molecular flexibility index (Phi) is 2.76. The maximum Gasteiger partial charge on any atom is 0.222 e. The number of pyridine rings is 1. The van der Waals surface area contributed by atoms with Gasteiger partial charge in [0, 0.05) is 23.1 Å². The normalized spacial score (nSPS) is 10.8. The summed E-state index contributed by atoms with van der Waals surface area (Å²) in [6.45, 7) is 0. The van der Waals surface area contributed by atoms with E-state index in [1.165, 1.54) is 0 Å². The maximum absolute atomic E-state index is 6.38. The molecule has 1 aromatic carbocycles. The first-order valence-electron chi connectivity index (χ1n) is 5.55. The molecule has 0 spiro atoms. The van der Waals surface area contributed by atoms with Crippen molar-refractivity contribution in [1.29, 1.82) is 0 Å². The number of hydrogen-bond acceptors (Lipinski definition) is 5. The SMILES string of the molecule is COc1ccc2c(Cl)c(-c3cc(N)on3)ccc2n1. The van der Waals surface area contributed by atoms with Gasteiger partial charge in [-0.1, -0.05) is 16.8 Å². The summed E-state index contributed by atoms with van der Waals surface area (Å²) in [5.74, 6) is 0.793. The van der Waals surface area contributed by atoms with E-state index < -0.39 is 0 Å². The van der Waals surface area contributed by atoms with Gasteiger partial charge in [-0.3, -0.25) is 0 Å². The van der Waals surface area contributed by atoms with Gasteiger partial charge in [-0.05, 0) is 18.2 Å². The maximum atomic E-state index is 6.38. The number of ether oxygens (including phenoxy) is 1. The molecule has 0 radical (unpaired) electrons. The van der Waals surface area contributed by atoms with Gasteiger partial charge in [0.05, 0.1) is 17.6 Å². The molecule has 2 aromatic heterocycles. The number of aromatic nitrogens is 2. The van der Waals surface area contributed by atoms with Crippen molar-refractivity contribution in [2.75, 3.05) is 12.8 Å². The second-order valence-electron chi connectivity index (χ2n) is 3.96. The number of nitrogens with zero attached hydrogens (tertiary/aromatic N) is 2. The third-order valence-electron chi connectivity index (χ3n) is 2.79. The fourth-order valence-corrected chi connectivity index (χ4v) is 2.20. The Bertz CT molecular complexity index is 755. The molecule has 0 aliphatic heterocycles. The van der Waals surface area contributed by atoms with Crippen molar-refractivity contribution in [2.45, 2.75) is 0 Å². The Labute approximate surface area is 113 Å². The minimum Gasteiger partial charge on any atom is -0.481 e. The predicted octanol–water partition coefficient (Wildman–Crippen LogP) is 3.13. The van der Waals surface area contributed by atoms with Gasteiger partial charge < -0.3 is 15.0 Å². The van der Waals surface area contributed by atoms with E-state index in [4.69, 9.17) is 26.6 Å². The quantitative estimate of drug-likeness (QED) is 0.778. The van der Waals surface area contributed by atoms with Crippen molar-refractivity contribution in [3.05, 3.63) is 35.4 Å². The van der Waals surface area contributed by atoms with Crippen LogP contribution in [-0.2, 0) is 0 Å². The molecule has 0 unspecified atom stereocenters. The summed E-state index contributed by atoms with van der Waals surface area (Å²) in [6, 6.07) is 8.92. The fraction of sp³-hybridized carbons (Fsp3) is 0.0769. The largest absolute Gasteiger partial charge is 0.481 e. The predicted molar refractivity (Wildman–Crippen MR) is 73.2 cm³/mol. The van der Waals surface area contributed by atoms with Crippen LogP contribution >= 0.6 is 11.6 Å². The Hall–Kier alpha value is -2.27.